The first-order chi connectivity index (χ1) is 43.8. The van der Waals surface area contributed by atoms with E-state index in [4.69, 9.17) is 29.2 Å². The predicted octanol–water partition coefficient (Wildman–Crippen LogP) is 14.8. The van der Waals surface area contributed by atoms with Gasteiger partial charge in [0.1, 0.15) is 60.9 Å². The summed E-state index contributed by atoms with van der Waals surface area (Å²) in [4.78, 5) is 3.89. The number of phenols is 2. The molecule has 0 amide bonds. The molecule has 7 aromatic carbocycles. The SMILES string of the molecule is CC(O)(COc1ccc(S(=O)c2ccc(OCC(C)(O)C(F)(F)F)cc2)cc1)C(F)(F)F.CC(O)(COc1ccc(Sc2ccc(OCC(C)(O)C(F)(F)F)cc2)cc1)C(F)(F)F.Cc1ccc(S(=O)(=O)CC(C)(O)C(F)(F)F)cc1.Oc1ccc(Sc2ccc(O)cc2)cc1. The van der Waals surface area contributed by atoms with Crippen molar-refractivity contribution in [1.82, 2.24) is 0 Å². The largest absolute Gasteiger partial charge is 0.508 e. The van der Waals surface area contributed by atoms with Gasteiger partial charge in [0.25, 0.3) is 0 Å². The molecule has 0 aromatic heterocycles. The number of phenolic OH excluding ortho intramolecular Hbond substituents is 2. The van der Waals surface area contributed by atoms with Gasteiger partial charge in [0.2, 0.25) is 0 Å². The summed E-state index contributed by atoms with van der Waals surface area (Å²) in [6.07, 6.45) is -24.4. The van der Waals surface area contributed by atoms with Gasteiger partial charge in [-0.05, 0) is 199 Å². The Labute approximate surface area is 551 Å². The minimum atomic E-state index is -5.00. The van der Waals surface area contributed by atoms with Gasteiger partial charge >= 0.3 is 30.9 Å². The molecule has 0 bridgehead atoms. The molecule has 528 valence electrons. The average Bonchev–Trinajstić information content (AvgIpc) is 0.777. The number of rotatable bonds is 21. The van der Waals surface area contributed by atoms with Gasteiger partial charge in [0.05, 0.1) is 21.4 Å². The van der Waals surface area contributed by atoms with Crippen molar-refractivity contribution in [3.63, 3.8) is 0 Å². The topological polar surface area (TPSA) is 230 Å². The number of halogens is 15. The normalized spacial score (nSPS) is 15.6. The highest BCUT2D eigenvalue weighted by atomic mass is 32.2. The number of hydrogen-bond donors (Lipinski definition) is 7. The minimum Gasteiger partial charge on any atom is -0.508 e. The van der Waals surface area contributed by atoms with Gasteiger partial charge in [-0.15, -0.1) is 0 Å². The lowest BCUT2D eigenvalue weighted by Crippen LogP contribution is -2.47. The van der Waals surface area contributed by atoms with E-state index in [1.807, 2.05) is 24.3 Å². The maximum Gasteiger partial charge on any atom is 0.420 e. The van der Waals surface area contributed by atoms with Crippen molar-refractivity contribution in [3.8, 4) is 34.5 Å². The fourth-order valence-corrected chi connectivity index (χ4v) is 10.8. The van der Waals surface area contributed by atoms with Gasteiger partial charge < -0.3 is 54.7 Å². The molecule has 0 saturated heterocycles. The maximum atomic E-state index is 12.6. The lowest BCUT2D eigenvalue weighted by molar-refractivity contribution is -0.260. The van der Waals surface area contributed by atoms with Gasteiger partial charge in [-0.2, -0.15) is 65.9 Å². The van der Waals surface area contributed by atoms with Crippen LogP contribution in [0, 0.1) is 6.92 Å². The number of alkyl halides is 15. The van der Waals surface area contributed by atoms with Crippen molar-refractivity contribution >= 4 is 44.2 Å². The third-order valence-corrected chi connectivity index (χ3v) is 18.2. The molecule has 0 radical (unpaired) electrons. The van der Waals surface area contributed by atoms with Crippen molar-refractivity contribution in [3.05, 3.63) is 175 Å². The second-order valence-corrected chi connectivity index (χ2v) is 27.7. The summed E-state index contributed by atoms with van der Waals surface area (Å²) in [5.74, 6) is -0.516. The number of aryl methyl sites for hydroxylation is 1. The Morgan fingerprint density at radius 3 is 0.802 bits per heavy atom. The van der Waals surface area contributed by atoms with Crippen molar-refractivity contribution in [1.29, 1.82) is 0 Å². The lowest BCUT2D eigenvalue weighted by atomic mass is 10.1. The summed E-state index contributed by atoms with van der Waals surface area (Å²) < 4.78 is 245. The van der Waals surface area contributed by atoms with Crippen LogP contribution in [-0.2, 0) is 20.6 Å². The van der Waals surface area contributed by atoms with E-state index in [0.717, 1.165) is 25.1 Å². The second kappa shape index (κ2) is 32.5. The van der Waals surface area contributed by atoms with Crippen LogP contribution in [0.1, 0.15) is 40.2 Å². The molecular weight excluding hydrogens is 1390 g/mol. The zero-order valence-corrected chi connectivity index (χ0v) is 54.3. The maximum absolute atomic E-state index is 12.6. The van der Waals surface area contributed by atoms with E-state index in [9.17, 15) is 104 Å². The third-order valence-electron chi connectivity index (χ3n) is 12.9. The number of ether oxygens (including phenoxy) is 4. The molecule has 7 N–H and O–H groups in total. The number of aromatic hydroxyl groups is 2. The molecule has 0 aliphatic carbocycles. The minimum absolute atomic E-state index is 0.0238. The van der Waals surface area contributed by atoms with E-state index >= 15 is 0 Å². The summed E-state index contributed by atoms with van der Waals surface area (Å²) >= 11 is 2.87. The summed E-state index contributed by atoms with van der Waals surface area (Å²) in [6.45, 7) is 0.604. The molecular formula is C63H63F15O14S4. The Morgan fingerprint density at radius 2 is 0.573 bits per heavy atom. The van der Waals surface area contributed by atoms with E-state index in [1.54, 1.807) is 67.2 Å². The Balaban J connectivity index is 0.000000284. The van der Waals surface area contributed by atoms with Crippen LogP contribution in [0.2, 0.25) is 0 Å². The molecule has 0 aliphatic rings. The zero-order valence-electron chi connectivity index (χ0n) is 51.0. The molecule has 0 fully saturated rings. The first kappa shape index (κ1) is 81.3. The molecule has 0 aliphatic heterocycles. The van der Waals surface area contributed by atoms with E-state index in [2.05, 4.69) is 0 Å². The highest BCUT2D eigenvalue weighted by Crippen LogP contribution is 2.38. The number of aliphatic hydroxyl groups is 5. The molecule has 7 rings (SSSR count). The number of sulfone groups is 1. The fraction of sp³-hybridized carbons (Fsp3) is 0.333. The van der Waals surface area contributed by atoms with Crippen LogP contribution in [-0.4, -0.2) is 139 Å². The summed E-state index contributed by atoms with van der Waals surface area (Å²) in [5.41, 5.74) is -14.5. The third kappa shape index (κ3) is 25.1. The van der Waals surface area contributed by atoms with Crippen LogP contribution in [0.5, 0.6) is 34.5 Å². The molecule has 0 heterocycles. The number of hydrogen-bond acceptors (Lipinski definition) is 16. The molecule has 0 saturated carbocycles. The molecule has 14 nitrogen and oxygen atoms in total. The quantitative estimate of drug-likeness (QED) is 0.0332. The molecule has 7 aromatic rings. The summed E-state index contributed by atoms with van der Waals surface area (Å²) in [7, 11) is -5.89. The van der Waals surface area contributed by atoms with Crippen LogP contribution < -0.4 is 18.9 Å². The van der Waals surface area contributed by atoms with E-state index < -0.39 is 112 Å². The van der Waals surface area contributed by atoms with E-state index in [-0.39, 0.29) is 49.2 Å². The molecule has 96 heavy (non-hydrogen) atoms. The van der Waals surface area contributed by atoms with Gasteiger partial charge in [0.15, 0.2) is 37.8 Å². The second-order valence-electron chi connectivity index (χ2n) is 21.9. The first-order valence-electron chi connectivity index (χ1n) is 27.4. The fourth-order valence-electron chi connectivity index (χ4n) is 6.47. The molecule has 5 atom stereocenters. The Hall–Kier alpha value is -7.11. The van der Waals surface area contributed by atoms with Gasteiger partial charge in [0, 0.05) is 29.4 Å². The van der Waals surface area contributed by atoms with Crippen LogP contribution in [0.4, 0.5) is 65.9 Å². The Morgan fingerprint density at radius 1 is 0.354 bits per heavy atom. The summed E-state index contributed by atoms with van der Waals surface area (Å²) in [5, 5.41) is 64.9. The highest BCUT2D eigenvalue weighted by molar-refractivity contribution is 7.99. The van der Waals surface area contributed by atoms with Crippen molar-refractivity contribution in [2.45, 2.75) is 135 Å². The zero-order chi connectivity index (χ0) is 72.7. The van der Waals surface area contributed by atoms with Crippen molar-refractivity contribution in [2.24, 2.45) is 0 Å². The van der Waals surface area contributed by atoms with Crippen LogP contribution in [0.3, 0.4) is 0 Å². The molecule has 0 spiro atoms. The van der Waals surface area contributed by atoms with E-state index in [0.29, 0.717) is 34.6 Å². The first-order valence-corrected chi connectivity index (χ1v) is 31.8. The average molecular weight is 1460 g/mol. The van der Waals surface area contributed by atoms with Gasteiger partial charge in [-0.3, -0.25) is 0 Å². The Bertz CT molecular complexity index is 3490. The summed E-state index contributed by atoms with van der Waals surface area (Å²) in [6, 6.07) is 42.2. The van der Waals surface area contributed by atoms with Crippen molar-refractivity contribution in [2.75, 3.05) is 32.2 Å². The molecule has 5 unspecified atom stereocenters. The van der Waals surface area contributed by atoms with Gasteiger partial charge in [-0.25, -0.2) is 12.6 Å². The monoisotopic (exact) mass is 1460 g/mol. The molecule has 33 heteroatoms. The highest BCUT2D eigenvalue weighted by Gasteiger charge is 2.54. The van der Waals surface area contributed by atoms with Crippen LogP contribution in [0.15, 0.2) is 204 Å². The predicted molar refractivity (Wildman–Crippen MR) is 324 cm³/mol. The lowest BCUT2D eigenvalue weighted by Gasteiger charge is -2.26. The van der Waals surface area contributed by atoms with E-state index in [1.165, 1.54) is 109 Å². The van der Waals surface area contributed by atoms with Crippen LogP contribution >= 0.6 is 23.5 Å². The Kier molecular flexibility index (Phi) is 27.5. The van der Waals surface area contributed by atoms with Crippen molar-refractivity contribution < 1.29 is 133 Å². The smallest absolute Gasteiger partial charge is 0.420 e. The number of benzene rings is 7. The van der Waals surface area contributed by atoms with Crippen LogP contribution in [0.25, 0.3) is 0 Å². The standard InChI is InChI=1S/C20H20F6O5S.C20H20F6O4S.C12H10O2S.C11H13F3O3S/c1-17(27,19(21,22)23)11-30-13-3-7-15(8-4-13)32(29)16-9-5-14(6-10-16)31-12-18(2,28)20(24,25)26;1-17(27,19(21,22)23)11-29-13-3-7-15(8-4-13)31-16-9-5-14(6-10-16)30-12-18(2,28)20(24,25)26;13-9-1-5-11(6-2-9)15-12-7-3-10(14)4-8-12;1-8-3-5-9(6-4-8)18(16,17)7-10(2,15)11(12,13)14/h3-10,27-28H,11-12H2,1-2H3;3-10,27-28H,11-12H2,1-2H3;1-8,13-14H;3-6,15H,7H2,1-2H3. The van der Waals surface area contributed by atoms with Gasteiger partial charge in [-0.1, -0.05) is 41.2 Å².